The molecule has 112 valence electrons. The van der Waals surface area contributed by atoms with Crippen LogP contribution in [0.3, 0.4) is 0 Å². The fourth-order valence-electron chi connectivity index (χ4n) is 1.82. The predicted octanol–water partition coefficient (Wildman–Crippen LogP) is 2.62. The predicted molar refractivity (Wildman–Crippen MR) is 79.4 cm³/mol. The van der Waals surface area contributed by atoms with E-state index >= 15 is 0 Å². The molecule has 0 aliphatic rings. The maximum absolute atomic E-state index is 11.8. The van der Waals surface area contributed by atoms with Crippen LogP contribution in [0.2, 0.25) is 0 Å². The summed E-state index contributed by atoms with van der Waals surface area (Å²) in [6.45, 7) is 6.67. The van der Waals surface area contributed by atoms with Gasteiger partial charge in [-0.2, -0.15) is 0 Å². The Morgan fingerprint density at radius 1 is 1.10 bits per heavy atom. The van der Waals surface area contributed by atoms with Gasteiger partial charge in [0.25, 0.3) is 0 Å². The molecule has 5 heteroatoms. The van der Waals surface area contributed by atoms with Gasteiger partial charge in [0.1, 0.15) is 0 Å². The average molecular weight is 298 g/mol. The van der Waals surface area contributed by atoms with E-state index in [0.29, 0.717) is 12.0 Å². The summed E-state index contributed by atoms with van der Waals surface area (Å²) < 4.78 is 22.6. The second-order valence-corrected chi connectivity index (χ2v) is 8.91. The topological polar surface area (TPSA) is 71.4 Å². The molecule has 0 unspecified atom stereocenters. The summed E-state index contributed by atoms with van der Waals surface area (Å²) >= 11 is 0. The van der Waals surface area contributed by atoms with E-state index in [2.05, 4.69) is 0 Å². The largest absolute Gasteiger partial charge is 0.481 e. The van der Waals surface area contributed by atoms with Crippen LogP contribution in [-0.2, 0) is 25.8 Å². The first kappa shape index (κ1) is 16.7. The minimum atomic E-state index is -3.21. The number of rotatable bonds is 5. The van der Waals surface area contributed by atoms with E-state index in [1.807, 2.05) is 0 Å². The first-order chi connectivity index (χ1) is 8.88. The smallest absolute Gasteiger partial charge is 0.309 e. The van der Waals surface area contributed by atoms with Crippen LogP contribution in [0.5, 0.6) is 0 Å². The van der Waals surface area contributed by atoms with E-state index in [9.17, 15) is 13.2 Å². The zero-order valence-electron chi connectivity index (χ0n) is 12.6. The summed E-state index contributed by atoms with van der Waals surface area (Å²) in [5, 5.41) is 9.11. The molecule has 0 radical (unpaired) electrons. The Bertz CT molecular complexity index is 595. The third-order valence-corrected chi connectivity index (χ3v) is 5.89. The minimum Gasteiger partial charge on any atom is -0.481 e. The Morgan fingerprint density at radius 2 is 1.55 bits per heavy atom. The monoisotopic (exact) mass is 298 g/mol. The summed E-state index contributed by atoms with van der Waals surface area (Å²) in [7, 11) is -3.21. The first-order valence-electron chi connectivity index (χ1n) is 6.40. The van der Waals surface area contributed by atoms with Gasteiger partial charge in [-0.1, -0.05) is 24.3 Å². The lowest BCUT2D eigenvalue weighted by atomic mass is 9.85. The maximum Gasteiger partial charge on any atom is 0.309 e. The van der Waals surface area contributed by atoms with Gasteiger partial charge in [0, 0.05) is 6.26 Å². The number of carbonyl (C=O) groups is 1. The second-order valence-electron chi connectivity index (χ2n) is 6.35. The molecule has 0 saturated carbocycles. The zero-order chi connectivity index (χ0) is 15.8. The lowest BCUT2D eigenvalue weighted by Gasteiger charge is -2.24. The third-order valence-electron chi connectivity index (χ3n) is 3.80. The number of aliphatic carboxylic acids is 1. The molecule has 0 spiro atoms. The molecule has 0 aliphatic carbocycles. The average Bonchev–Trinajstić information content (AvgIpc) is 2.27. The highest BCUT2D eigenvalue weighted by Gasteiger charge is 2.32. The van der Waals surface area contributed by atoms with Gasteiger partial charge in [-0.25, -0.2) is 8.42 Å². The molecule has 1 aromatic rings. The van der Waals surface area contributed by atoms with E-state index in [1.54, 1.807) is 52.0 Å². The molecule has 1 rings (SSSR count). The van der Waals surface area contributed by atoms with Gasteiger partial charge >= 0.3 is 5.97 Å². The molecule has 4 nitrogen and oxygen atoms in total. The highest BCUT2D eigenvalue weighted by molar-refractivity contribution is 7.91. The summed E-state index contributed by atoms with van der Waals surface area (Å²) in [4.78, 5) is 11.1. The van der Waals surface area contributed by atoms with Crippen molar-refractivity contribution >= 4 is 15.8 Å². The standard InChI is InChI=1S/C15H22O4S/c1-14(2,13(16)17)10-11-6-8-12(9-7-11)15(3,4)20(5,18)19/h6-9H,10H2,1-5H3,(H,16,17). The second kappa shape index (κ2) is 5.20. The normalized spacial score (nSPS) is 13.2. The zero-order valence-corrected chi connectivity index (χ0v) is 13.4. The fourth-order valence-corrected chi connectivity index (χ4v) is 2.39. The Hall–Kier alpha value is -1.36. The van der Waals surface area contributed by atoms with Crippen molar-refractivity contribution in [2.75, 3.05) is 6.26 Å². The lowest BCUT2D eigenvalue weighted by molar-refractivity contribution is -0.146. The van der Waals surface area contributed by atoms with E-state index in [0.717, 1.165) is 5.56 Å². The molecule has 0 heterocycles. The summed E-state index contributed by atoms with van der Waals surface area (Å²) in [5.74, 6) is -0.849. The summed E-state index contributed by atoms with van der Waals surface area (Å²) in [6.07, 6.45) is 1.62. The van der Waals surface area contributed by atoms with Crippen LogP contribution >= 0.6 is 0 Å². The van der Waals surface area contributed by atoms with Gasteiger partial charge in [0.15, 0.2) is 9.84 Å². The van der Waals surface area contributed by atoms with E-state index < -0.39 is 26.0 Å². The van der Waals surface area contributed by atoms with Crippen LogP contribution in [0.25, 0.3) is 0 Å². The molecule has 1 N–H and O–H groups in total. The molecule has 0 bridgehead atoms. The van der Waals surface area contributed by atoms with Crippen molar-refractivity contribution in [1.82, 2.24) is 0 Å². The van der Waals surface area contributed by atoms with E-state index in [1.165, 1.54) is 6.26 Å². The highest BCUT2D eigenvalue weighted by atomic mass is 32.2. The molecular formula is C15H22O4S. The van der Waals surface area contributed by atoms with Gasteiger partial charge in [-0.15, -0.1) is 0 Å². The number of carboxylic acid groups (broad SMARTS) is 1. The van der Waals surface area contributed by atoms with Crippen molar-refractivity contribution in [3.63, 3.8) is 0 Å². The Morgan fingerprint density at radius 3 is 1.90 bits per heavy atom. The van der Waals surface area contributed by atoms with Gasteiger partial charge in [0.2, 0.25) is 0 Å². The first-order valence-corrected chi connectivity index (χ1v) is 8.29. The Balaban J connectivity index is 3.05. The molecule has 1 aromatic carbocycles. The lowest BCUT2D eigenvalue weighted by Crippen LogP contribution is -2.28. The highest BCUT2D eigenvalue weighted by Crippen LogP contribution is 2.30. The van der Waals surface area contributed by atoms with Gasteiger partial charge in [-0.3, -0.25) is 4.79 Å². The van der Waals surface area contributed by atoms with Gasteiger partial charge in [0.05, 0.1) is 10.2 Å². The molecular weight excluding hydrogens is 276 g/mol. The number of sulfone groups is 1. The van der Waals surface area contributed by atoms with Crippen molar-refractivity contribution in [2.45, 2.75) is 38.9 Å². The van der Waals surface area contributed by atoms with Crippen molar-refractivity contribution in [2.24, 2.45) is 5.41 Å². The molecule has 0 amide bonds. The minimum absolute atomic E-state index is 0.405. The van der Waals surface area contributed by atoms with E-state index in [4.69, 9.17) is 5.11 Å². The van der Waals surface area contributed by atoms with Crippen molar-refractivity contribution < 1.29 is 18.3 Å². The number of hydrogen-bond donors (Lipinski definition) is 1. The molecule has 0 aromatic heterocycles. The molecule has 0 saturated heterocycles. The van der Waals surface area contributed by atoms with Gasteiger partial charge in [-0.05, 0) is 45.2 Å². The van der Waals surface area contributed by atoms with Crippen LogP contribution in [0.15, 0.2) is 24.3 Å². The molecule has 0 atom stereocenters. The molecule has 0 fully saturated rings. The SMILES string of the molecule is CC(C)(Cc1ccc(C(C)(C)S(C)(=O)=O)cc1)C(=O)O. The molecule has 20 heavy (non-hydrogen) atoms. The van der Waals surface area contributed by atoms with E-state index in [-0.39, 0.29) is 0 Å². The maximum atomic E-state index is 11.8. The molecule has 0 aliphatic heterocycles. The Kier molecular flexibility index (Phi) is 4.34. The van der Waals surface area contributed by atoms with Crippen LogP contribution < -0.4 is 0 Å². The Labute approximate surface area is 120 Å². The van der Waals surface area contributed by atoms with Crippen LogP contribution in [-0.4, -0.2) is 25.7 Å². The van der Waals surface area contributed by atoms with Crippen LogP contribution in [0.4, 0.5) is 0 Å². The number of benzene rings is 1. The van der Waals surface area contributed by atoms with Crippen molar-refractivity contribution in [3.05, 3.63) is 35.4 Å². The quantitative estimate of drug-likeness (QED) is 0.907. The van der Waals surface area contributed by atoms with Gasteiger partial charge < -0.3 is 5.11 Å². The number of hydrogen-bond acceptors (Lipinski definition) is 3. The number of carboxylic acids is 1. The summed E-state index contributed by atoms with van der Waals surface area (Å²) in [6, 6.07) is 7.11. The van der Waals surface area contributed by atoms with Crippen molar-refractivity contribution in [1.29, 1.82) is 0 Å². The van der Waals surface area contributed by atoms with Crippen LogP contribution in [0.1, 0.15) is 38.8 Å². The van der Waals surface area contributed by atoms with Crippen molar-refractivity contribution in [3.8, 4) is 0 Å². The summed E-state index contributed by atoms with van der Waals surface area (Å²) in [5.41, 5.74) is 0.746. The fraction of sp³-hybridized carbons (Fsp3) is 0.533. The third kappa shape index (κ3) is 3.39. The van der Waals surface area contributed by atoms with Crippen LogP contribution in [0, 0.1) is 5.41 Å².